The average molecular weight is 289 g/mol. The fraction of sp³-hybridized carbons (Fsp3) is 0.500. The van der Waals surface area contributed by atoms with Crippen LogP contribution in [0.5, 0.6) is 0 Å². The zero-order valence-corrected chi connectivity index (χ0v) is 13.5. The standard InChI is InChI=1S/C16H23N3S/c1-11-8-13-14(9-12(11)2)19(10-18-13)7-5-6-16(3,4)15(17)20/h8-10H,5-7H2,1-4H3,(H2,17,20). The minimum atomic E-state index is -0.0712. The number of imidazole rings is 1. The van der Waals surface area contributed by atoms with Crippen LogP contribution in [0.2, 0.25) is 0 Å². The number of fused-ring (bicyclic) bond motifs is 1. The largest absolute Gasteiger partial charge is 0.393 e. The molecule has 2 N–H and O–H groups in total. The summed E-state index contributed by atoms with van der Waals surface area (Å²) in [4.78, 5) is 5.08. The van der Waals surface area contributed by atoms with Crippen molar-refractivity contribution in [3.8, 4) is 0 Å². The van der Waals surface area contributed by atoms with E-state index in [1.807, 2.05) is 6.33 Å². The van der Waals surface area contributed by atoms with Gasteiger partial charge in [-0.15, -0.1) is 0 Å². The van der Waals surface area contributed by atoms with Crippen LogP contribution >= 0.6 is 12.2 Å². The van der Waals surface area contributed by atoms with Crippen molar-refractivity contribution in [1.29, 1.82) is 0 Å². The summed E-state index contributed by atoms with van der Waals surface area (Å²) in [6.07, 6.45) is 3.97. The Labute approximate surface area is 126 Å². The Morgan fingerprint density at radius 3 is 2.60 bits per heavy atom. The number of nitrogens with two attached hydrogens (primary N) is 1. The molecule has 108 valence electrons. The van der Waals surface area contributed by atoms with Crippen molar-refractivity contribution < 1.29 is 0 Å². The van der Waals surface area contributed by atoms with Crippen LogP contribution in [0.3, 0.4) is 0 Å². The molecule has 0 radical (unpaired) electrons. The Balaban J connectivity index is 2.11. The number of aromatic nitrogens is 2. The van der Waals surface area contributed by atoms with E-state index >= 15 is 0 Å². The highest BCUT2D eigenvalue weighted by molar-refractivity contribution is 7.80. The highest BCUT2D eigenvalue weighted by Crippen LogP contribution is 2.24. The van der Waals surface area contributed by atoms with Gasteiger partial charge in [0.05, 0.1) is 22.3 Å². The number of benzene rings is 1. The molecule has 0 bridgehead atoms. The van der Waals surface area contributed by atoms with E-state index in [9.17, 15) is 0 Å². The third-order valence-electron chi connectivity index (χ3n) is 4.10. The van der Waals surface area contributed by atoms with E-state index in [0.717, 1.165) is 24.9 Å². The SMILES string of the molecule is Cc1cc2ncn(CCCC(C)(C)C(N)=S)c2cc1C. The molecule has 0 aliphatic rings. The predicted molar refractivity (Wildman–Crippen MR) is 89.0 cm³/mol. The van der Waals surface area contributed by atoms with Gasteiger partial charge < -0.3 is 10.3 Å². The molecule has 0 fully saturated rings. The summed E-state index contributed by atoms with van der Waals surface area (Å²) in [6.45, 7) is 9.43. The topological polar surface area (TPSA) is 43.8 Å². The second-order valence-corrected chi connectivity index (χ2v) is 6.65. The van der Waals surface area contributed by atoms with Crippen LogP contribution in [0.1, 0.15) is 37.8 Å². The molecule has 1 aromatic carbocycles. The molecule has 0 aliphatic carbocycles. The molecular weight excluding hydrogens is 266 g/mol. The Hall–Kier alpha value is -1.42. The zero-order valence-electron chi connectivity index (χ0n) is 12.7. The summed E-state index contributed by atoms with van der Waals surface area (Å²) in [5.41, 5.74) is 10.6. The Morgan fingerprint density at radius 2 is 1.95 bits per heavy atom. The molecule has 1 heterocycles. The first-order valence-corrected chi connectivity index (χ1v) is 7.44. The van der Waals surface area contributed by atoms with Crippen LogP contribution < -0.4 is 5.73 Å². The second-order valence-electron chi connectivity index (χ2n) is 6.21. The maximum Gasteiger partial charge on any atom is 0.0958 e. The number of hydrogen-bond donors (Lipinski definition) is 1. The Bertz CT molecular complexity index is 640. The Kier molecular flexibility index (Phi) is 4.14. The highest BCUT2D eigenvalue weighted by atomic mass is 32.1. The van der Waals surface area contributed by atoms with Crippen molar-refractivity contribution in [3.63, 3.8) is 0 Å². The van der Waals surface area contributed by atoms with Gasteiger partial charge >= 0.3 is 0 Å². The third kappa shape index (κ3) is 3.01. The zero-order chi connectivity index (χ0) is 14.9. The summed E-state index contributed by atoms with van der Waals surface area (Å²) in [6, 6.07) is 4.37. The quantitative estimate of drug-likeness (QED) is 0.853. The van der Waals surface area contributed by atoms with Crippen molar-refractivity contribution in [1.82, 2.24) is 9.55 Å². The molecule has 0 amide bonds. The first-order chi connectivity index (χ1) is 9.31. The van der Waals surface area contributed by atoms with Crippen LogP contribution in [-0.2, 0) is 6.54 Å². The minimum absolute atomic E-state index is 0.0712. The maximum atomic E-state index is 5.77. The van der Waals surface area contributed by atoms with Gasteiger partial charge in [-0.05, 0) is 49.9 Å². The van der Waals surface area contributed by atoms with Crippen LogP contribution in [0, 0.1) is 19.3 Å². The molecule has 0 saturated heterocycles. The lowest BCUT2D eigenvalue weighted by Gasteiger charge is -2.22. The second kappa shape index (κ2) is 5.52. The lowest BCUT2D eigenvalue weighted by atomic mass is 9.88. The van der Waals surface area contributed by atoms with Gasteiger partial charge in [-0.3, -0.25) is 0 Å². The van der Waals surface area contributed by atoms with Gasteiger partial charge in [-0.1, -0.05) is 26.1 Å². The fourth-order valence-corrected chi connectivity index (χ4v) is 2.41. The van der Waals surface area contributed by atoms with E-state index in [-0.39, 0.29) is 5.41 Å². The monoisotopic (exact) mass is 289 g/mol. The van der Waals surface area contributed by atoms with E-state index < -0.39 is 0 Å². The number of nitrogens with zero attached hydrogens (tertiary/aromatic N) is 2. The summed E-state index contributed by atoms with van der Waals surface area (Å²) in [7, 11) is 0. The lowest BCUT2D eigenvalue weighted by molar-refractivity contribution is 0.439. The molecule has 0 aliphatic heterocycles. The first-order valence-electron chi connectivity index (χ1n) is 7.03. The summed E-state index contributed by atoms with van der Waals surface area (Å²) < 4.78 is 2.22. The summed E-state index contributed by atoms with van der Waals surface area (Å²) >= 11 is 5.11. The Morgan fingerprint density at radius 1 is 1.30 bits per heavy atom. The maximum absolute atomic E-state index is 5.77. The molecule has 20 heavy (non-hydrogen) atoms. The van der Waals surface area contributed by atoms with Gasteiger partial charge in [0.1, 0.15) is 0 Å². The summed E-state index contributed by atoms with van der Waals surface area (Å²) in [5.74, 6) is 0. The number of hydrogen-bond acceptors (Lipinski definition) is 2. The molecule has 1 aromatic heterocycles. The minimum Gasteiger partial charge on any atom is -0.393 e. The molecular formula is C16H23N3S. The fourth-order valence-electron chi connectivity index (χ4n) is 2.31. The van der Waals surface area contributed by atoms with Gasteiger partial charge in [-0.25, -0.2) is 4.98 Å². The van der Waals surface area contributed by atoms with Crippen molar-refractivity contribution >= 4 is 28.2 Å². The van der Waals surface area contributed by atoms with Gasteiger partial charge in [0, 0.05) is 12.0 Å². The highest BCUT2D eigenvalue weighted by Gasteiger charge is 2.20. The van der Waals surface area contributed by atoms with E-state index in [1.54, 1.807) is 0 Å². The van der Waals surface area contributed by atoms with Gasteiger partial charge in [-0.2, -0.15) is 0 Å². The number of aryl methyl sites for hydroxylation is 3. The van der Waals surface area contributed by atoms with Gasteiger partial charge in [0.25, 0.3) is 0 Å². The molecule has 0 spiro atoms. The van der Waals surface area contributed by atoms with Crippen LogP contribution in [0.15, 0.2) is 18.5 Å². The molecule has 0 unspecified atom stereocenters. The van der Waals surface area contributed by atoms with Gasteiger partial charge in [0.2, 0.25) is 0 Å². The van der Waals surface area contributed by atoms with Gasteiger partial charge in [0.15, 0.2) is 0 Å². The normalized spacial score (nSPS) is 12.0. The van der Waals surface area contributed by atoms with Crippen LogP contribution in [0.25, 0.3) is 11.0 Å². The third-order valence-corrected chi connectivity index (χ3v) is 4.66. The summed E-state index contributed by atoms with van der Waals surface area (Å²) in [5, 5.41) is 0. The molecule has 0 saturated carbocycles. The van der Waals surface area contributed by atoms with Crippen LogP contribution in [0.4, 0.5) is 0 Å². The molecule has 2 aromatic rings. The molecule has 3 nitrogen and oxygen atoms in total. The van der Waals surface area contributed by atoms with Crippen molar-refractivity contribution in [3.05, 3.63) is 29.6 Å². The van der Waals surface area contributed by atoms with E-state index in [4.69, 9.17) is 18.0 Å². The van der Waals surface area contributed by atoms with E-state index in [0.29, 0.717) is 4.99 Å². The smallest absolute Gasteiger partial charge is 0.0958 e. The molecule has 0 atom stereocenters. The van der Waals surface area contributed by atoms with Crippen molar-refractivity contribution in [2.45, 2.75) is 47.1 Å². The van der Waals surface area contributed by atoms with E-state index in [2.05, 4.69) is 49.4 Å². The average Bonchev–Trinajstić information content (AvgIpc) is 2.72. The first kappa shape index (κ1) is 15.0. The van der Waals surface area contributed by atoms with Crippen molar-refractivity contribution in [2.24, 2.45) is 11.1 Å². The molecule has 4 heteroatoms. The van der Waals surface area contributed by atoms with Crippen molar-refractivity contribution in [2.75, 3.05) is 0 Å². The number of rotatable bonds is 5. The lowest BCUT2D eigenvalue weighted by Crippen LogP contribution is -2.29. The number of thiocarbonyl (C=S) groups is 1. The van der Waals surface area contributed by atoms with E-state index in [1.165, 1.54) is 16.6 Å². The predicted octanol–water partition coefficient (Wildman–Crippen LogP) is 3.75. The van der Waals surface area contributed by atoms with Crippen LogP contribution in [-0.4, -0.2) is 14.5 Å². The molecule has 2 rings (SSSR count).